The SMILES string of the molecule is COc1cccc(CSC=N/C(=C\C(=N/O)C(F)F)c2ccc(=O)n(Cc3ccc(OC)c(OC)c3)c2)c1. The summed E-state index contributed by atoms with van der Waals surface area (Å²) >= 11 is 1.34. The van der Waals surface area contributed by atoms with Crippen molar-refractivity contribution in [2.24, 2.45) is 10.1 Å². The van der Waals surface area contributed by atoms with E-state index < -0.39 is 12.1 Å². The molecule has 0 aliphatic heterocycles. The molecule has 0 spiro atoms. The van der Waals surface area contributed by atoms with Crippen LogP contribution in [0.5, 0.6) is 17.2 Å². The number of pyridine rings is 1. The van der Waals surface area contributed by atoms with Gasteiger partial charge in [0.2, 0.25) is 0 Å². The number of rotatable bonds is 12. The molecule has 0 saturated carbocycles. The molecule has 0 amide bonds. The molecule has 0 bridgehead atoms. The van der Waals surface area contributed by atoms with Gasteiger partial charge in [0, 0.05) is 23.6 Å². The molecule has 2 aromatic carbocycles. The monoisotopic (exact) mass is 543 g/mol. The van der Waals surface area contributed by atoms with Crippen LogP contribution in [0, 0.1) is 0 Å². The summed E-state index contributed by atoms with van der Waals surface area (Å²) in [7, 11) is 4.62. The van der Waals surface area contributed by atoms with Gasteiger partial charge in [0.15, 0.2) is 11.5 Å². The lowest BCUT2D eigenvalue weighted by Crippen LogP contribution is -2.19. The highest BCUT2D eigenvalue weighted by Crippen LogP contribution is 2.28. The van der Waals surface area contributed by atoms with Crippen molar-refractivity contribution in [1.29, 1.82) is 0 Å². The van der Waals surface area contributed by atoms with Crippen LogP contribution < -0.4 is 19.8 Å². The van der Waals surface area contributed by atoms with Gasteiger partial charge in [-0.25, -0.2) is 13.8 Å². The maximum atomic E-state index is 13.3. The summed E-state index contributed by atoms with van der Waals surface area (Å²) in [5, 5.41) is 11.8. The summed E-state index contributed by atoms with van der Waals surface area (Å²) in [5.74, 6) is 2.33. The number of nitrogens with zero attached hydrogens (tertiary/aromatic N) is 3. The van der Waals surface area contributed by atoms with Crippen LogP contribution in [0.4, 0.5) is 8.78 Å². The molecular weight excluding hydrogens is 516 g/mol. The molecule has 1 heterocycles. The molecule has 3 aromatic rings. The van der Waals surface area contributed by atoms with Crippen molar-refractivity contribution >= 4 is 28.7 Å². The molecule has 0 atom stereocenters. The smallest absolute Gasteiger partial charge is 0.283 e. The third-order valence-corrected chi connectivity index (χ3v) is 6.11. The van der Waals surface area contributed by atoms with Crippen molar-refractivity contribution in [2.75, 3.05) is 21.3 Å². The highest BCUT2D eigenvalue weighted by Gasteiger charge is 2.14. The van der Waals surface area contributed by atoms with Crippen molar-refractivity contribution in [3.63, 3.8) is 0 Å². The minimum absolute atomic E-state index is 0.0947. The van der Waals surface area contributed by atoms with E-state index in [-0.39, 0.29) is 17.8 Å². The van der Waals surface area contributed by atoms with Crippen LogP contribution in [-0.2, 0) is 12.3 Å². The molecule has 8 nitrogen and oxygen atoms in total. The Morgan fingerprint density at radius 2 is 1.82 bits per heavy atom. The van der Waals surface area contributed by atoms with E-state index in [9.17, 15) is 13.6 Å². The Morgan fingerprint density at radius 3 is 2.50 bits per heavy atom. The minimum atomic E-state index is -3.02. The maximum absolute atomic E-state index is 13.3. The molecule has 1 N–H and O–H groups in total. The second-order valence-electron chi connectivity index (χ2n) is 7.83. The summed E-state index contributed by atoms with van der Waals surface area (Å²) in [6, 6.07) is 15.6. The molecule has 0 radical (unpaired) electrons. The molecule has 1 aromatic heterocycles. The van der Waals surface area contributed by atoms with Crippen molar-refractivity contribution in [1.82, 2.24) is 4.57 Å². The van der Waals surface area contributed by atoms with Gasteiger partial charge in [-0.1, -0.05) is 23.4 Å². The molecular formula is C27H27F2N3O5S. The van der Waals surface area contributed by atoms with Crippen molar-refractivity contribution in [3.05, 3.63) is 93.9 Å². The lowest BCUT2D eigenvalue weighted by atomic mass is 10.1. The van der Waals surface area contributed by atoms with E-state index in [0.717, 1.165) is 23.0 Å². The largest absolute Gasteiger partial charge is 0.497 e. The summed E-state index contributed by atoms with van der Waals surface area (Å²) < 4.78 is 43.9. The first-order valence-electron chi connectivity index (χ1n) is 11.3. The van der Waals surface area contributed by atoms with Crippen molar-refractivity contribution in [2.45, 2.75) is 18.7 Å². The van der Waals surface area contributed by atoms with Crippen molar-refractivity contribution < 1.29 is 28.2 Å². The standard InChI is InChI=1S/C27H27F2N3O5S/c1-35-21-6-4-5-19(11-21)16-38-17-30-22(13-23(31-34)27(28)29)20-8-10-26(33)32(15-20)14-18-7-9-24(36-2)25(12-18)37-3/h4-13,15,17,27,34H,14,16H2,1-3H3/b22-13-,30-17?,31-23+. The van der Waals surface area contributed by atoms with Gasteiger partial charge in [-0.05, 0) is 47.5 Å². The number of hydrogen-bond acceptors (Lipinski definition) is 8. The molecule has 0 aliphatic rings. The van der Waals surface area contributed by atoms with Crippen LogP contribution in [0.15, 0.2) is 81.8 Å². The predicted molar refractivity (Wildman–Crippen MR) is 145 cm³/mol. The first kappa shape index (κ1) is 28.5. The Hall–Kier alpha value is -4.12. The van der Waals surface area contributed by atoms with Gasteiger partial charge in [-0.3, -0.25) is 4.79 Å². The van der Waals surface area contributed by atoms with Crippen LogP contribution in [0.2, 0.25) is 0 Å². The van der Waals surface area contributed by atoms with E-state index in [2.05, 4.69) is 10.1 Å². The van der Waals surface area contributed by atoms with Gasteiger partial charge in [-0.15, -0.1) is 11.8 Å². The number of thioether (sulfide) groups is 1. The minimum Gasteiger partial charge on any atom is -0.497 e. The maximum Gasteiger partial charge on any atom is 0.283 e. The number of aromatic nitrogens is 1. The average Bonchev–Trinajstić information content (AvgIpc) is 2.93. The highest BCUT2D eigenvalue weighted by atomic mass is 32.2. The van der Waals surface area contributed by atoms with Gasteiger partial charge < -0.3 is 24.0 Å². The van der Waals surface area contributed by atoms with Crippen LogP contribution in [0.3, 0.4) is 0 Å². The molecule has 3 rings (SSSR count). The second-order valence-corrected chi connectivity index (χ2v) is 8.66. The third-order valence-electron chi connectivity index (χ3n) is 5.35. The lowest BCUT2D eigenvalue weighted by Gasteiger charge is -2.12. The average molecular weight is 544 g/mol. The molecule has 0 aliphatic carbocycles. The zero-order chi connectivity index (χ0) is 27.5. The van der Waals surface area contributed by atoms with Gasteiger partial charge >= 0.3 is 0 Å². The Labute approximate surface area is 222 Å². The van der Waals surface area contributed by atoms with E-state index >= 15 is 0 Å². The highest BCUT2D eigenvalue weighted by molar-refractivity contribution is 8.11. The van der Waals surface area contributed by atoms with E-state index in [0.29, 0.717) is 22.8 Å². The number of allylic oxidation sites excluding steroid dienone is 1. The van der Waals surface area contributed by atoms with Gasteiger partial charge in [-0.2, -0.15) is 0 Å². The Kier molecular flexibility index (Phi) is 10.5. The third kappa shape index (κ3) is 7.69. The normalized spacial score (nSPS) is 12.3. The van der Waals surface area contributed by atoms with E-state index in [1.807, 2.05) is 24.3 Å². The number of oxime groups is 1. The Balaban J connectivity index is 1.90. The molecule has 0 saturated heterocycles. The van der Waals surface area contributed by atoms with Crippen molar-refractivity contribution in [3.8, 4) is 17.2 Å². The molecule has 38 heavy (non-hydrogen) atoms. The summed E-state index contributed by atoms with van der Waals surface area (Å²) in [6.07, 6.45) is -0.532. The van der Waals surface area contributed by atoms with Gasteiger partial charge in [0.25, 0.3) is 12.0 Å². The number of hydrogen-bond donors (Lipinski definition) is 1. The fraction of sp³-hybridized carbons (Fsp3) is 0.222. The molecule has 0 fully saturated rings. The zero-order valence-electron chi connectivity index (χ0n) is 21.0. The number of benzene rings is 2. The first-order chi connectivity index (χ1) is 18.4. The summed E-state index contributed by atoms with van der Waals surface area (Å²) in [6.45, 7) is 0.185. The quantitative estimate of drug-likeness (QED) is 0.144. The lowest BCUT2D eigenvalue weighted by molar-refractivity contribution is 0.216. The Morgan fingerprint density at radius 1 is 1.03 bits per heavy atom. The van der Waals surface area contributed by atoms with Gasteiger partial charge in [0.1, 0.15) is 11.5 Å². The van der Waals surface area contributed by atoms with Crippen LogP contribution >= 0.6 is 11.8 Å². The van der Waals surface area contributed by atoms with Gasteiger partial charge in [0.05, 0.1) is 39.1 Å². The molecule has 0 unspecified atom stereocenters. The van der Waals surface area contributed by atoms with Crippen LogP contribution in [-0.4, -0.2) is 48.8 Å². The predicted octanol–water partition coefficient (Wildman–Crippen LogP) is 5.32. The van der Waals surface area contributed by atoms with Crippen LogP contribution in [0.25, 0.3) is 5.70 Å². The molecule has 11 heteroatoms. The topological polar surface area (TPSA) is 94.6 Å². The summed E-state index contributed by atoms with van der Waals surface area (Å²) in [5.41, 5.74) is 2.57. The number of ether oxygens (including phenoxy) is 3. The van der Waals surface area contributed by atoms with Crippen LogP contribution in [0.1, 0.15) is 16.7 Å². The number of halogens is 2. The fourth-order valence-electron chi connectivity index (χ4n) is 3.44. The Bertz CT molecular complexity index is 1390. The van der Waals surface area contributed by atoms with E-state index in [1.165, 1.54) is 54.4 Å². The second kappa shape index (κ2) is 14.0. The number of aliphatic imine (C=N–C) groups is 1. The zero-order valence-corrected chi connectivity index (χ0v) is 21.8. The summed E-state index contributed by atoms with van der Waals surface area (Å²) in [4.78, 5) is 16.9. The fourth-order valence-corrected chi connectivity index (χ4v) is 4.08. The van der Waals surface area contributed by atoms with E-state index in [4.69, 9.17) is 19.4 Å². The van der Waals surface area contributed by atoms with E-state index in [1.54, 1.807) is 25.3 Å². The molecule has 200 valence electrons. The first-order valence-corrected chi connectivity index (χ1v) is 12.3. The number of alkyl halides is 2. The number of methoxy groups -OCH3 is 3.